The van der Waals surface area contributed by atoms with Gasteiger partial charge < -0.3 is 0 Å². The second-order valence-electron chi connectivity index (χ2n) is 14.6. The molecule has 6 saturated heterocycles. The van der Waals surface area contributed by atoms with Gasteiger partial charge in [0.2, 0.25) is 0 Å². The maximum atomic E-state index is 14.2. The Bertz CT molecular complexity index is 999. The van der Waals surface area contributed by atoms with E-state index in [9.17, 15) is 4.79 Å². The summed E-state index contributed by atoms with van der Waals surface area (Å²) in [5, 5.41) is 0. The molecule has 0 bridgehead atoms. The third-order valence-electron chi connectivity index (χ3n) is 11.8. The molecule has 0 aromatic rings. The van der Waals surface area contributed by atoms with Crippen molar-refractivity contribution in [3.63, 3.8) is 0 Å². The van der Waals surface area contributed by atoms with Crippen LogP contribution in [0.25, 0.3) is 0 Å². The summed E-state index contributed by atoms with van der Waals surface area (Å²) in [5.41, 5.74) is 2.23. The predicted octanol–water partition coefficient (Wildman–Crippen LogP) is 14.2. The van der Waals surface area contributed by atoms with Crippen molar-refractivity contribution in [2.75, 3.05) is 0 Å². The van der Waals surface area contributed by atoms with Crippen LogP contribution < -0.4 is 0 Å². The van der Waals surface area contributed by atoms with Crippen LogP contribution in [0.5, 0.6) is 0 Å². The Balaban J connectivity index is 0.000000426. The Morgan fingerprint density at radius 2 is 0.816 bits per heavy atom. The van der Waals surface area contributed by atoms with Crippen molar-refractivity contribution >= 4 is 98.7 Å². The second-order valence-corrected chi connectivity index (χ2v) is 87.8. The number of hydrogen-bond acceptors (Lipinski definition) is 1. The molecule has 0 radical (unpaired) electrons. The van der Waals surface area contributed by atoms with Gasteiger partial charge in [0.05, 0.1) is 4.64 Å². The minimum atomic E-state index is -5.42. The summed E-state index contributed by atoms with van der Waals surface area (Å²) >= 11 is 0. The van der Waals surface area contributed by atoms with E-state index in [-0.39, 0.29) is 23.8 Å². The van der Waals surface area contributed by atoms with Gasteiger partial charge in [-0.05, 0) is 31.1 Å². The second kappa shape index (κ2) is 8.26. The number of hydrogen-bond donors (Lipinski definition) is 0. The van der Waals surface area contributed by atoms with Crippen LogP contribution in [0.3, 0.4) is 0 Å². The molecule has 0 N–H and O–H groups in total. The molecule has 6 heterocycles. The summed E-state index contributed by atoms with van der Waals surface area (Å²) < 4.78 is 2.18. The normalized spacial score (nSPS) is 45.9. The molecule has 224 valence electrons. The fourth-order valence-corrected chi connectivity index (χ4v) is 66.7. The zero-order chi connectivity index (χ0) is 30.0. The van der Waals surface area contributed by atoms with Gasteiger partial charge in [-0.15, -0.1) is 0 Å². The Morgan fingerprint density at radius 1 is 0.605 bits per heavy atom. The van der Waals surface area contributed by atoms with Gasteiger partial charge in [-0.1, -0.05) is 83.1 Å². The van der Waals surface area contributed by atoms with E-state index >= 15 is 0 Å². The van der Waals surface area contributed by atoms with Crippen LogP contribution in [0, 0.1) is 21.7 Å². The molecule has 0 aromatic carbocycles. The average molecular weight is 834 g/mol. The van der Waals surface area contributed by atoms with Gasteiger partial charge in [-0.2, -0.15) is 0 Å². The molecular formula is C26H47Cl6OP4Sb. The molecule has 0 saturated carbocycles. The molecule has 0 unspecified atom stereocenters. The van der Waals surface area contributed by atoms with Gasteiger partial charge in [0.15, 0.2) is 0 Å². The van der Waals surface area contributed by atoms with Crippen LogP contribution >= 0.6 is 84.0 Å². The molecule has 0 atom stereocenters. The number of carbonyl (C=O) groups excluding carboxylic acids is 1. The minimum absolute atomic E-state index is 0.0362. The molecule has 0 aliphatic carbocycles. The molecule has 6 aliphatic heterocycles. The summed E-state index contributed by atoms with van der Waals surface area (Å²) in [4.78, 5) is 14.2. The number of halogens is 6. The van der Waals surface area contributed by atoms with Crippen LogP contribution in [-0.2, 0) is 4.79 Å². The summed E-state index contributed by atoms with van der Waals surface area (Å²) in [6.07, 6.45) is 5.09. The van der Waals surface area contributed by atoms with Crippen molar-refractivity contribution in [1.82, 2.24) is 0 Å². The Hall–Kier alpha value is 3.95. The Labute approximate surface area is 256 Å². The van der Waals surface area contributed by atoms with E-state index in [1.165, 1.54) is 25.7 Å². The first-order valence-corrected chi connectivity index (χ1v) is 39.1. The summed E-state index contributed by atoms with van der Waals surface area (Å²) in [6, 6.07) is 0. The van der Waals surface area contributed by atoms with Gasteiger partial charge >= 0.3 is 62.1 Å². The SMILES string of the molecule is CCC(C)(C)C12P3C4(C(C)(C)CC)P1C1(C(C)(C)CC)P2C3(C(C)(C)CC)[P+]41C(C)=O.[Cl][Sb-]([Cl])([Cl])([Cl])([Cl])[Cl]. The van der Waals surface area contributed by atoms with Gasteiger partial charge in [0.1, 0.15) is 21.2 Å². The third-order valence-corrected chi connectivity index (χ3v) is 44.7. The molecule has 12 heteroatoms. The predicted molar refractivity (Wildman–Crippen MR) is 186 cm³/mol. The molecule has 6 rings (SSSR count). The monoisotopic (exact) mass is 830 g/mol. The summed E-state index contributed by atoms with van der Waals surface area (Å²) in [7, 11) is 23.2. The quantitative estimate of drug-likeness (QED) is 0.167. The number of carbonyl (C=O) groups is 1. The van der Waals surface area contributed by atoms with Gasteiger partial charge in [-0.3, -0.25) is 4.79 Å². The molecular weight excluding hydrogens is 787 g/mol. The molecule has 0 aromatic heterocycles. The van der Waals surface area contributed by atoms with Crippen LogP contribution in [0.1, 0.15) is 116 Å². The Kier molecular flexibility index (Phi) is 7.57. The molecule has 6 aliphatic rings. The van der Waals surface area contributed by atoms with Crippen molar-refractivity contribution in [3.05, 3.63) is 0 Å². The van der Waals surface area contributed by atoms with E-state index in [0.717, 1.165) is 5.52 Å². The topological polar surface area (TPSA) is 17.1 Å². The van der Waals surface area contributed by atoms with Crippen molar-refractivity contribution in [3.8, 4) is 0 Å². The van der Waals surface area contributed by atoms with Crippen molar-refractivity contribution in [2.45, 2.75) is 134 Å². The fourth-order valence-electron chi connectivity index (χ4n) is 9.53. The zero-order valence-corrected chi connectivity index (χ0v) is 35.9. The van der Waals surface area contributed by atoms with Gasteiger partial charge in [0.25, 0.3) is 5.52 Å². The maximum absolute atomic E-state index is 14.2. The van der Waals surface area contributed by atoms with Crippen molar-refractivity contribution < 1.29 is 4.79 Å². The van der Waals surface area contributed by atoms with Crippen LogP contribution in [0.2, 0.25) is 0 Å². The van der Waals surface area contributed by atoms with E-state index < -0.39 is 16.4 Å². The van der Waals surface area contributed by atoms with Crippen molar-refractivity contribution in [2.24, 2.45) is 21.7 Å². The first-order valence-electron chi connectivity index (χ1n) is 13.9. The molecule has 0 amide bonds. The van der Waals surface area contributed by atoms with E-state index in [0.29, 0.717) is 40.2 Å². The molecule has 1 nitrogen and oxygen atoms in total. The molecule has 0 spiro atoms. The van der Waals surface area contributed by atoms with E-state index in [4.69, 9.17) is 53.0 Å². The van der Waals surface area contributed by atoms with Gasteiger partial charge in [-0.25, -0.2) is 0 Å². The number of rotatable bonds is 9. The Morgan fingerprint density at radius 3 is 0.974 bits per heavy atom. The first kappa shape index (κ1) is 34.8. The van der Waals surface area contributed by atoms with Crippen LogP contribution in [-0.4, -0.2) is 33.2 Å². The zero-order valence-electron chi connectivity index (χ0n) is 25.2. The fraction of sp³-hybridized carbons (Fsp3) is 0.962. The van der Waals surface area contributed by atoms with E-state index in [1.807, 2.05) is 0 Å². The van der Waals surface area contributed by atoms with Crippen LogP contribution in [0.15, 0.2) is 0 Å². The van der Waals surface area contributed by atoms with E-state index in [2.05, 4.69) is 90.0 Å². The standard InChI is InChI=1S/C26H47OP4.6ClH.Sb/c1-14-19(6,7)23-28-24(20(8,9)15-2)29(23)26(22(12,13)17-4)30(23)25(28,21(10,11)16-3)31(24,26)18(5)27;;;;;;;/h14-17H2,1-13H3;6*1H;/q+1;;;;;;;+5/p-6. The molecule has 6 fully saturated rings. The average Bonchev–Trinajstić information content (AvgIpc) is 2.74. The van der Waals surface area contributed by atoms with Crippen LogP contribution in [0.4, 0.5) is 0 Å². The summed E-state index contributed by atoms with van der Waals surface area (Å²) in [6.45, 7) is 32.7. The third kappa shape index (κ3) is 3.14. The molecule has 38 heavy (non-hydrogen) atoms. The van der Waals surface area contributed by atoms with Gasteiger partial charge in [0, 0.05) is 46.9 Å². The first-order chi connectivity index (χ1) is 16.5. The summed E-state index contributed by atoms with van der Waals surface area (Å²) in [5.74, 6) is 0. The van der Waals surface area contributed by atoms with Crippen molar-refractivity contribution in [1.29, 1.82) is 0 Å². The van der Waals surface area contributed by atoms with E-state index in [1.54, 1.807) is 0 Å².